The number of carbonyl (C=O) groups is 1. The summed E-state index contributed by atoms with van der Waals surface area (Å²) < 4.78 is 6.08. The summed E-state index contributed by atoms with van der Waals surface area (Å²) in [6.07, 6.45) is 0. The SMILES string of the molecule is COc1ccc(C)cc1NCc1ccc(C(=O)O)cc1Br. The van der Waals surface area contributed by atoms with Gasteiger partial charge in [-0.3, -0.25) is 0 Å². The Morgan fingerprint density at radius 2 is 2.05 bits per heavy atom. The number of methoxy groups -OCH3 is 1. The van der Waals surface area contributed by atoms with E-state index in [4.69, 9.17) is 9.84 Å². The topological polar surface area (TPSA) is 58.6 Å². The van der Waals surface area contributed by atoms with Crippen molar-refractivity contribution in [3.05, 3.63) is 57.6 Å². The highest BCUT2D eigenvalue weighted by Crippen LogP contribution is 2.27. The molecule has 21 heavy (non-hydrogen) atoms. The van der Waals surface area contributed by atoms with Crippen molar-refractivity contribution in [2.24, 2.45) is 0 Å². The predicted molar refractivity (Wildman–Crippen MR) is 86.2 cm³/mol. The van der Waals surface area contributed by atoms with Crippen LogP contribution in [0.25, 0.3) is 0 Å². The number of hydrogen-bond acceptors (Lipinski definition) is 3. The molecule has 0 aromatic heterocycles. The average Bonchev–Trinajstić information content (AvgIpc) is 2.46. The Labute approximate surface area is 131 Å². The average molecular weight is 350 g/mol. The van der Waals surface area contributed by atoms with Gasteiger partial charge in [0.1, 0.15) is 5.75 Å². The second-order valence-electron chi connectivity index (χ2n) is 4.67. The quantitative estimate of drug-likeness (QED) is 0.853. The monoisotopic (exact) mass is 349 g/mol. The van der Waals surface area contributed by atoms with Crippen molar-refractivity contribution in [1.29, 1.82) is 0 Å². The molecule has 0 saturated heterocycles. The van der Waals surface area contributed by atoms with E-state index >= 15 is 0 Å². The number of carboxylic acid groups (broad SMARTS) is 1. The molecule has 110 valence electrons. The number of nitrogens with one attached hydrogen (secondary N) is 1. The van der Waals surface area contributed by atoms with E-state index in [0.29, 0.717) is 6.54 Å². The van der Waals surface area contributed by atoms with E-state index < -0.39 is 5.97 Å². The van der Waals surface area contributed by atoms with Crippen LogP contribution in [0.3, 0.4) is 0 Å². The van der Waals surface area contributed by atoms with Crippen LogP contribution in [-0.4, -0.2) is 18.2 Å². The van der Waals surface area contributed by atoms with Crippen LogP contribution in [0.15, 0.2) is 40.9 Å². The zero-order valence-corrected chi connectivity index (χ0v) is 13.4. The first kappa shape index (κ1) is 15.4. The predicted octanol–water partition coefficient (Wildman–Crippen LogP) is 4.08. The Bertz CT molecular complexity index is 671. The van der Waals surface area contributed by atoms with Crippen LogP contribution >= 0.6 is 15.9 Å². The molecule has 0 heterocycles. The second kappa shape index (κ2) is 6.63. The second-order valence-corrected chi connectivity index (χ2v) is 5.52. The van der Waals surface area contributed by atoms with E-state index in [1.54, 1.807) is 25.3 Å². The Morgan fingerprint density at radius 1 is 1.29 bits per heavy atom. The highest BCUT2D eigenvalue weighted by Gasteiger charge is 2.08. The first-order valence-corrected chi connectivity index (χ1v) is 7.21. The van der Waals surface area contributed by atoms with Gasteiger partial charge in [-0.1, -0.05) is 28.1 Å². The van der Waals surface area contributed by atoms with Crippen molar-refractivity contribution in [2.45, 2.75) is 13.5 Å². The molecule has 4 nitrogen and oxygen atoms in total. The minimum atomic E-state index is -0.935. The lowest BCUT2D eigenvalue weighted by Gasteiger charge is -2.13. The third kappa shape index (κ3) is 3.76. The van der Waals surface area contributed by atoms with Crippen molar-refractivity contribution in [2.75, 3.05) is 12.4 Å². The molecule has 0 bridgehead atoms. The van der Waals surface area contributed by atoms with Gasteiger partial charge in [-0.2, -0.15) is 0 Å². The summed E-state index contributed by atoms with van der Waals surface area (Å²) in [5.41, 5.74) is 3.28. The molecule has 0 atom stereocenters. The van der Waals surface area contributed by atoms with Crippen LogP contribution in [0.2, 0.25) is 0 Å². The summed E-state index contributed by atoms with van der Waals surface area (Å²) >= 11 is 3.40. The fraction of sp³-hybridized carbons (Fsp3) is 0.188. The molecule has 2 aromatic rings. The van der Waals surface area contributed by atoms with Gasteiger partial charge in [-0.15, -0.1) is 0 Å². The number of hydrogen-bond donors (Lipinski definition) is 2. The zero-order chi connectivity index (χ0) is 15.4. The normalized spacial score (nSPS) is 10.2. The minimum absolute atomic E-state index is 0.263. The van der Waals surface area contributed by atoms with Gasteiger partial charge < -0.3 is 15.2 Å². The molecule has 2 rings (SSSR count). The molecule has 0 aliphatic rings. The Hall–Kier alpha value is -2.01. The van der Waals surface area contributed by atoms with Gasteiger partial charge in [0, 0.05) is 11.0 Å². The third-order valence-corrected chi connectivity index (χ3v) is 3.86. The van der Waals surface area contributed by atoms with E-state index in [-0.39, 0.29) is 5.56 Å². The van der Waals surface area contributed by atoms with Crippen LogP contribution in [0, 0.1) is 6.92 Å². The first-order chi connectivity index (χ1) is 10.0. The minimum Gasteiger partial charge on any atom is -0.495 e. The van der Waals surface area contributed by atoms with Crippen molar-refractivity contribution in [3.8, 4) is 5.75 Å². The van der Waals surface area contributed by atoms with Crippen molar-refractivity contribution in [1.82, 2.24) is 0 Å². The highest BCUT2D eigenvalue weighted by molar-refractivity contribution is 9.10. The highest BCUT2D eigenvalue weighted by atomic mass is 79.9. The van der Waals surface area contributed by atoms with Crippen LogP contribution in [0.5, 0.6) is 5.75 Å². The molecule has 0 unspecified atom stereocenters. The van der Waals surface area contributed by atoms with Gasteiger partial charge in [0.2, 0.25) is 0 Å². The van der Waals surface area contributed by atoms with Gasteiger partial charge >= 0.3 is 5.97 Å². The number of carboxylic acids is 1. The Morgan fingerprint density at radius 3 is 2.67 bits per heavy atom. The van der Waals surface area contributed by atoms with Crippen LogP contribution in [0.1, 0.15) is 21.5 Å². The molecule has 2 N–H and O–H groups in total. The summed E-state index contributed by atoms with van der Waals surface area (Å²) in [5, 5.41) is 12.3. The standard InChI is InChI=1S/C16H16BrNO3/c1-10-3-6-15(21-2)14(7-10)18-9-12-5-4-11(16(19)20)8-13(12)17/h3-8,18H,9H2,1-2H3,(H,19,20). The van der Waals surface area contributed by atoms with Crippen molar-refractivity contribution >= 4 is 27.6 Å². The van der Waals surface area contributed by atoms with Crippen molar-refractivity contribution in [3.63, 3.8) is 0 Å². The van der Waals surface area contributed by atoms with Gasteiger partial charge in [-0.25, -0.2) is 4.79 Å². The smallest absolute Gasteiger partial charge is 0.335 e. The number of anilines is 1. The summed E-state index contributed by atoms with van der Waals surface area (Å²) in [7, 11) is 1.63. The van der Waals surface area contributed by atoms with E-state index in [2.05, 4.69) is 21.2 Å². The molecule has 0 radical (unpaired) electrons. The number of aryl methyl sites for hydroxylation is 1. The molecular formula is C16H16BrNO3. The fourth-order valence-electron chi connectivity index (χ4n) is 1.97. The molecule has 0 aliphatic carbocycles. The van der Waals surface area contributed by atoms with E-state index in [9.17, 15) is 4.79 Å². The summed E-state index contributed by atoms with van der Waals surface area (Å²) in [6, 6.07) is 10.9. The molecule has 0 saturated carbocycles. The van der Waals surface area contributed by atoms with Gasteiger partial charge in [0.05, 0.1) is 18.4 Å². The van der Waals surface area contributed by atoms with E-state index in [0.717, 1.165) is 27.0 Å². The molecule has 2 aromatic carbocycles. The lowest BCUT2D eigenvalue weighted by atomic mass is 10.1. The number of benzene rings is 2. The maximum Gasteiger partial charge on any atom is 0.335 e. The molecule has 0 spiro atoms. The van der Waals surface area contributed by atoms with Crippen molar-refractivity contribution < 1.29 is 14.6 Å². The molecular weight excluding hydrogens is 334 g/mol. The summed E-state index contributed by atoms with van der Waals surface area (Å²) in [5.74, 6) is -0.158. The Kier molecular flexibility index (Phi) is 4.85. The summed E-state index contributed by atoms with van der Waals surface area (Å²) in [6.45, 7) is 2.59. The maximum absolute atomic E-state index is 10.9. The Balaban J connectivity index is 2.17. The molecule has 0 aliphatic heterocycles. The van der Waals surface area contributed by atoms with E-state index in [1.165, 1.54) is 0 Å². The molecule has 0 fully saturated rings. The molecule has 0 amide bonds. The number of aromatic carboxylic acids is 1. The van der Waals surface area contributed by atoms with Gasteiger partial charge in [0.25, 0.3) is 0 Å². The third-order valence-electron chi connectivity index (χ3n) is 3.12. The van der Waals surface area contributed by atoms with Gasteiger partial charge in [0.15, 0.2) is 0 Å². The van der Waals surface area contributed by atoms with Crippen LogP contribution in [-0.2, 0) is 6.54 Å². The first-order valence-electron chi connectivity index (χ1n) is 6.41. The lowest BCUT2D eigenvalue weighted by Crippen LogP contribution is -2.04. The zero-order valence-electron chi connectivity index (χ0n) is 11.8. The largest absolute Gasteiger partial charge is 0.495 e. The maximum atomic E-state index is 10.9. The van der Waals surface area contributed by atoms with Crippen LogP contribution in [0.4, 0.5) is 5.69 Å². The number of ether oxygens (including phenoxy) is 1. The number of rotatable bonds is 5. The van der Waals surface area contributed by atoms with Crippen LogP contribution < -0.4 is 10.1 Å². The van der Waals surface area contributed by atoms with Gasteiger partial charge in [-0.05, 0) is 42.3 Å². The summed E-state index contributed by atoms with van der Waals surface area (Å²) in [4.78, 5) is 10.9. The molecule has 5 heteroatoms. The lowest BCUT2D eigenvalue weighted by molar-refractivity contribution is 0.0697. The van der Waals surface area contributed by atoms with E-state index in [1.807, 2.05) is 25.1 Å². The fourth-order valence-corrected chi connectivity index (χ4v) is 2.49. The number of halogens is 1.